The van der Waals surface area contributed by atoms with E-state index in [0.717, 1.165) is 12.8 Å². The van der Waals surface area contributed by atoms with Crippen LogP contribution in [0, 0.1) is 11.3 Å². The summed E-state index contributed by atoms with van der Waals surface area (Å²) >= 11 is 0. The molecule has 1 aromatic rings. The lowest BCUT2D eigenvalue weighted by Crippen LogP contribution is -2.44. The normalized spacial score (nSPS) is 17.2. The Morgan fingerprint density at radius 2 is 2.10 bits per heavy atom. The molecule has 1 amide bonds. The van der Waals surface area contributed by atoms with Crippen LogP contribution in [0.3, 0.4) is 0 Å². The number of nitrogens with one attached hydrogen (secondary N) is 2. The Kier molecular flexibility index (Phi) is 5.14. The van der Waals surface area contributed by atoms with Crippen molar-refractivity contribution in [3.05, 3.63) is 29.8 Å². The van der Waals surface area contributed by atoms with E-state index in [1.54, 1.807) is 24.3 Å². The third-order valence-corrected chi connectivity index (χ3v) is 3.74. The highest BCUT2D eigenvalue weighted by molar-refractivity contribution is 5.94. The Morgan fingerprint density at radius 1 is 1.35 bits per heavy atom. The Bertz CT molecular complexity index is 501. The molecule has 1 saturated carbocycles. The summed E-state index contributed by atoms with van der Waals surface area (Å²) in [4.78, 5) is 12.1. The highest BCUT2D eigenvalue weighted by Crippen LogP contribution is 2.18. The molecule has 0 saturated heterocycles. The third kappa shape index (κ3) is 4.07. The monoisotopic (exact) mass is 271 g/mol. The second kappa shape index (κ2) is 7.06. The van der Waals surface area contributed by atoms with Gasteiger partial charge in [0, 0.05) is 11.7 Å². The van der Waals surface area contributed by atoms with Gasteiger partial charge in [-0.2, -0.15) is 5.26 Å². The Balaban J connectivity index is 1.88. The average Bonchev–Trinajstić information content (AvgIpc) is 2.48. The number of carbonyl (C=O) groups is 1. The number of nitrogens with zero attached hydrogens (tertiary/aromatic N) is 1. The van der Waals surface area contributed by atoms with Crippen LogP contribution in [0.15, 0.2) is 24.3 Å². The first kappa shape index (κ1) is 14.5. The maximum Gasteiger partial charge on any atom is 0.241 e. The van der Waals surface area contributed by atoms with Crippen molar-refractivity contribution >= 4 is 11.6 Å². The fraction of sp³-hybridized carbons (Fsp3) is 0.500. The molecule has 0 aliphatic heterocycles. The van der Waals surface area contributed by atoms with Crippen LogP contribution in [0.4, 0.5) is 5.69 Å². The SMILES string of the molecule is C[C@H](NC1CCCCC1)C(=O)Nc1cccc(C#N)c1. The van der Waals surface area contributed by atoms with Crippen molar-refractivity contribution in [3.8, 4) is 6.07 Å². The van der Waals surface area contributed by atoms with Crippen molar-refractivity contribution in [2.24, 2.45) is 0 Å². The van der Waals surface area contributed by atoms with Gasteiger partial charge in [-0.3, -0.25) is 4.79 Å². The molecule has 4 nitrogen and oxygen atoms in total. The summed E-state index contributed by atoms with van der Waals surface area (Å²) in [6.07, 6.45) is 6.11. The quantitative estimate of drug-likeness (QED) is 0.885. The first-order valence-corrected chi connectivity index (χ1v) is 7.26. The first-order valence-electron chi connectivity index (χ1n) is 7.26. The van der Waals surface area contributed by atoms with E-state index in [9.17, 15) is 4.79 Å². The van der Waals surface area contributed by atoms with E-state index >= 15 is 0 Å². The van der Waals surface area contributed by atoms with Crippen molar-refractivity contribution in [1.29, 1.82) is 5.26 Å². The smallest absolute Gasteiger partial charge is 0.241 e. The zero-order chi connectivity index (χ0) is 14.4. The molecule has 4 heteroatoms. The van der Waals surface area contributed by atoms with Crippen LogP contribution in [-0.2, 0) is 4.79 Å². The molecule has 0 bridgehead atoms. The number of hydrogen-bond donors (Lipinski definition) is 2. The van der Waals surface area contributed by atoms with Crippen molar-refractivity contribution in [2.75, 3.05) is 5.32 Å². The van der Waals surface area contributed by atoms with Crippen molar-refractivity contribution < 1.29 is 4.79 Å². The first-order chi connectivity index (χ1) is 9.69. The van der Waals surface area contributed by atoms with Gasteiger partial charge in [0.05, 0.1) is 17.7 Å². The van der Waals surface area contributed by atoms with Gasteiger partial charge in [-0.05, 0) is 38.0 Å². The minimum atomic E-state index is -0.219. The molecule has 0 heterocycles. The highest BCUT2D eigenvalue weighted by atomic mass is 16.2. The summed E-state index contributed by atoms with van der Waals surface area (Å²) in [6.45, 7) is 1.89. The predicted molar refractivity (Wildman–Crippen MR) is 79.3 cm³/mol. The Morgan fingerprint density at radius 3 is 2.80 bits per heavy atom. The highest BCUT2D eigenvalue weighted by Gasteiger charge is 2.19. The number of rotatable bonds is 4. The zero-order valence-corrected chi connectivity index (χ0v) is 11.9. The molecule has 0 spiro atoms. The molecule has 1 atom stereocenters. The molecule has 2 N–H and O–H groups in total. The van der Waals surface area contributed by atoms with Crippen molar-refractivity contribution in [2.45, 2.75) is 51.1 Å². The molecule has 1 fully saturated rings. The minimum Gasteiger partial charge on any atom is -0.325 e. The summed E-state index contributed by atoms with van der Waals surface area (Å²) in [5, 5.41) is 15.1. The van der Waals surface area contributed by atoms with Gasteiger partial charge in [0.15, 0.2) is 0 Å². The van der Waals surface area contributed by atoms with Gasteiger partial charge in [-0.1, -0.05) is 25.3 Å². The maximum atomic E-state index is 12.1. The van der Waals surface area contributed by atoms with E-state index in [1.165, 1.54) is 19.3 Å². The van der Waals surface area contributed by atoms with E-state index in [4.69, 9.17) is 5.26 Å². The van der Waals surface area contributed by atoms with E-state index in [-0.39, 0.29) is 11.9 Å². The van der Waals surface area contributed by atoms with Crippen LogP contribution in [0.1, 0.15) is 44.6 Å². The summed E-state index contributed by atoms with van der Waals surface area (Å²) in [5.41, 5.74) is 1.22. The number of nitriles is 1. The molecule has 1 aliphatic carbocycles. The standard InChI is InChI=1S/C16H21N3O/c1-12(18-14-7-3-2-4-8-14)16(20)19-15-9-5-6-13(10-15)11-17/h5-6,9-10,12,14,18H,2-4,7-8H2,1H3,(H,19,20)/t12-/m0/s1. The largest absolute Gasteiger partial charge is 0.325 e. The van der Waals surface area contributed by atoms with Crippen LogP contribution in [-0.4, -0.2) is 18.0 Å². The molecule has 1 aromatic carbocycles. The average molecular weight is 271 g/mol. The lowest BCUT2D eigenvalue weighted by Gasteiger charge is -2.26. The predicted octanol–water partition coefficient (Wildman–Crippen LogP) is 2.81. The fourth-order valence-corrected chi connectivity index (χ4v) is 2.62. The van der Waals surface area contributed by atoms with Crippen LogP contribution in [0.2, 0.25) is 0 Å². The van der Waals surface area contributed by atoms with Gasteiger partial charge >= 0.3 is 0 Å². The van der Waals surface area contributed by atoms with Gasteiger partial charge in [0.25, 0.3) is 0 Å². The molecule has 0 unspecified atom stereocenters. The van der Waals surface area contributed by atoms with Crippen LogP contribution >= 0.6 is 0 Å². The van der Waals surface area contributed by atoms with Gasteiger partial charge < -0.3 is 10.6 Å². The van der Waals surface area contributed by atoms with Gasteiger partial charge in [0.2, 0.25) is 5.91 Å². The minimum absolute atomic E-state index is 0.0503. The van der Waals surface area contributed by atoms with Gasteiger partial charge in [0.1, 0.15) is 0 Å². The molecular formula is C16H21N3O. The second-order valence-corrected chi connectivity index (χ2v) is 5.41. The second-order valence-electron chi connectivity index (χ2n) is 5.41. The third-order valence-electron chi connectivity index (χ3n) is 3.74. The Hall–Kier alpha value is -1.86. The van der Waals surface area contributed by atoms with Gasteiger partial charge in [-0.15, -0.1) is 0 Å². The summed E-state index contributed by atoms with van der Waals surface area (Å²) in [7, 11) is 0. The van der Waals surface area contributed by atoms with Crippen LogP contribution < -0.4 is 10.6 Å². The molecule has 1 aliphatic rings. The summed E-state index contributed by atoms with van der Waals surface area (Å²) < 4.78 is 0. The Labute approximate surface area is 120 Å². The van der Waals surface area contributed by atoms with E-state index in [0.29, 0.717) is 17.3 Å². The van der Waals surface area contributed by atoms with Crippen LogP contribution in [0.25, 0.3) is 0 Å². The van der Waals surface area contributed by atoms with E-state index in [1.807, 2.05) is 6.92 Å². The number of amides is 1. The van der Waals surface area contributed by atoms with Crippen LogP contribution in [0.5, 0.6) is 0 Å². The molecular weight excluding hydrogens is 250 g/mol. The number of carbonyl (C=O) groups excluding carboxylic acids is 1. The molecule has 2 rings (SSSR count). The number of hydrogen-bond acceptors (Lipinski definition) is 3. The van der Waals surface area contributed by atoms with Crippen molar-refractivity contribution in [3.63, 3.8) is 0 Å². The van der Waals surface area contributed by atoms with Crippen molar-refractivity contribution in [1.82, 2.24) is 5.32 Å². The fourth-order valence-electron chi connectivity index (χ4n) is 2.62. The van der Waals surface area contributed by atoms with E-state index < -0.39 is 0 Å². The molecule has 106 valence electrons. The number of benzene rings is 1. The lowest BCUT2D eigenvalue weighted by atomic mass is 9.95. The number of anilines is 1. The summed E-state index contributed by atoms with van der Waals surface area (Å²) in [6, 6.07) is 9.28. The lowest BCUT2D eigenvalue weighted by molar-refractivity contribution is -0.118. The molecule has 0 aromatic heterocycles. The van der Waals surface area contributed by atoms with Gasteiger partial charge in [-0.25, -0.2) is 0 Å². The zero-order valence-electron chi connectivity index (χ0n) is 11.9. The molecule has 20 heavy (non-hydrogen) atoms. The van der Waals surface area contributed by atoms with E-state index in [2.05, 4.69) is 16.7 Å². The topological polar surface area (TPSA) is 64.9 Å². The maximum absolute atomic E-state index is 12.1. The summed E-state index contributed by atoms with van der Waals surface area (Å²) in [5.74, 6) is -0.0503. The molecule has 0 radical (unpaired) electrons.